The topological polar surface area (TPSA) is 338 Å². The van der Waals surface area contributed by atoms with Gasteiger partial charge in [-0.25, -0.2) is 22.9 Å². The summed E-state index contributed by atoms with van der Waals surface area (Å²) >= 11 is 17.6. The van der Waals surface area contributed by atoms with Crippen molar-refractivity contribution in [3.05, 3.63) is 194 Å². The summed E-state index contributed by atoms with van der Waals surface area (Å²) in [6.45, 7) is 5.70. The average molecular weight is 1380 g/mol. The fourth-order valence-corrected chi connectivity index (χ4v) is 8.46. The van der Waals surface area contributed by atoms with Crippen molar-refractivity contribution in [3.8, 4) is 40.0 Å². The summed E-state index contributed by atoms with van der Waals surface area (Å²) in [5.74, 6) is -4.07. The number of nitrogens with two attached hydrogens (primary N) is 1. The van der Waals surface area contributed by atoms with E-state index in [2.05, 4.69) is 30.9 Å². The molecule has 2 aliphatic rings. The molecule has 10 rings (SSSR count). The van der Waals surface area contributed by atoms with E-state index in [0.29, 0.717) is 74.4 Å². The van der Waals surface area contributed by atoms with Crippen LogP contribution in [0.15, 0.2) is 109 Å². The fraction of sp³-hybridized carbons (Fsp3) is 0.270. The normalized spacial score (nSPS) is 9.88. The Labute approximate surface area is 583 Å². The molecule has 0 aliphatic carbocycles. The molecule has 2 aliphatic heterocycles. The molecule has 1 amide bonds. The van der Waals surface area contributed by atoms with Gasteiger partial charge in [0.25, 0.3) is 5.91 Å². The second-order valence-corrected chi connectivity index (χ2v) is 18.8. The maximum absolute atomic E-state index is 14.1. The van der Waals surface area contributed by atoms with Gasteiger partial charge in [-0.1, -0.05) is 109 Å². The van der Waals surface area contributed by atoms with Gasteiger partial charge in [0.05, 0.1) is 36.2 Å². The summed E-state index contributed by atoms with van der Waals surface area (Å²) in [5.41, 5.74) is 9.56. The number of amides is 1. The van der Waals surface area contributed by atoms with Crippen molar-refractivity contribution >= 4 is 79.3 Å². The molecule has 0 atom stereocenters. The maximum atomic E-state index is 14.1. The van der Waals surface area contributed by atoms with E-state index >= 15 is 0 Å². The number of aryl methyl sites for hydroxylation is 4. The number of hydrogen-bond acceptors (Lipinski definition) is 16. The quantitative estimate of drug-likeness (QED) is 0.0407. The number of aldehydes is 1. The maximum Gasteiger partial charge on any atom is 1.00 e. The number of hydrogen-bond donors (Lipinski definition) is 5. The SMILES string of the molecule is C.C.C.C.C.COc1nc(C)nc(Cl)n1.Cn1nc(C(=O)N(CC(=O)O)Cc2ccccc2F)c2c1-c1cc(Cl)ccc1OC2.Cn1nc(C(=O)O)c2c1-c1cc(Cl)ccc1OC2.NCC(=O)O.O=C(O)CCCc1ccccc1F.O=Cc1ccccc1F.[B].[C-]#N.[Na+]. The number of aromatic carboxylic acids is 1. The summed E-state index contributed by atoms with van der Waals surface area (Å²) in [7, 11) is 4.87. The molecule has 3 radical (unpaired) electrons. The Morgan fingerprint density at radius 2 is 1.13 bits per heavy atom. The molecule has 6 N–H and O–H groups in total. The molecule has 5 aromatic carbocycles. The molecule has 5 heterocycles. The van der Waals surface area contributed by atoms with Crippen LogP contribution in [0.4, 0.5) is 13.2 Å². The zero-order valence-electron chi connectivity index (χ0n) is 48.0. The van der Waals surface area contributed by atoms with Gasteiger partial charge in [0, 0.05) is 67.8 Å². The zero-order valence-corrected chi connectivity index (χ0v) is 52.3. The molecule has 0 saturated carbocycles. The van der Waals surface area contributed by atoms with Crippen LogP contribution < -0.4 is 49.5 Å². The van der Waals surface area contributed by atoms with Crippen LogP contribution in [0.3, 0.4) is 0 Å². The van der Waals surface area contributed by atoms with Gasteiger partial charge < -0.3 is 57.1 Å². The third-order valence-electron chi connectivity index (χ3n) is 11.6. The van der Waals surface area contributed by atoms with E-state index in [1.165, 1.54) is 43.5 Å². The van der Waals surface area contributed by atoms with Gasteiger partial charge in [-0.3, -0.25) is 33.3 Å². The number of halogens is 6. The van der Waals surface area contributed by atoms with Crippen LogP contribution in [0.1, 0.15) is 109 Å². The van der Waals surface area contributed by atoms with Crippen LogP contribution >= 0.6 is 34.8 Å². The molecule has 31 heteroatoms. The first-order valence-electron chi connectivity index (χ1n) is 25.1. The van der Waals surface area contributed by atoms with Gasteiger partial charge in [0.1, 0.15) is 54.5 Å². The summed E-state index contributed by atoms with van der Waals surface area (Å²) < 4.78 is 58.5. The number of methoxy groups -OCH3 is 1. The Morgan fingerprint density at radius 3 is 1.53 bits per heavy atom. The Kier molecular flexibility index (Phi) is 44.2. The predicted molar refractivity (Wildman–Crippen MR) is 348 cm³/mol. The van der Waals surface area contributed by atoms with Gasteiger partial charge in [-0.15, -0.1) is 0 Å². The van der Waals surface area contributed by atoms with E-state index in [4.69, 9.17) is 76.2 Å². The minimum Gasteiger partial charge on any atom is -0.512 e. The molecular formula is C63H73BCl3F3N10NaO13. The van der Waals surface area contributed by atoms with Crippen LogP contribution in [0.25, 0.3) is 22.5 Å². The zero-order chi connectivity index (χ0) is 64.5. The first-order valence-corrected chi connectivity index (χ1v) is 26.3. The molecule has 94 heavy (non-hydrogen) atoms. The average Bonchev–Trinajstić information content (AvgIpc) is 1.59. The first-order chi connectivity index (χ1) is 41.5. The molecule has 0 saturated heterocycles. The minimum absolute atomic E-state index is 0. The number of carbonyl (C=O) groups is 6. The van der Waals surface area contributed by atoms with E-state index in [1.54, 1.807) is 103 Å². The summed E-state index contributed by atoms with van der Waals surface area (Å²) in [6, 6.07) is 28.9. The number of benzene rings is 5. The molecular weight excluding hydrogens is 1300 g/mol. The van der Waals surface area contributed by atoms with Crippen molar-refractivity contribution < 1.29 is 106 Å². The van der Waals surface area contributed by atoms with E-state index < -0.39 is 48.0 Å². The monoisotopic (exact) mass is 1370 g/mol. The van der Waals surface area contributed by atoms with E-state index in [9.17, 15) is 47.0 Å². The molecule has 8 aromatic rings. The number of nitrogens with zero attached hydrogens (tertiary/aromatic N) is 9. The van der Waals surface area contributed by atoms with Crippen molar-refractivity contribution in [1.29, 1.82) is 5.26 Å². The standard InChI is InChI=1S/C21H17ClFN3O4.C12H9ClN2O3.C10H11FO2.C7H5FO.C5H6ClN3O.C2H5NO2.CN.5CH4.B.Na/c1-25-20-14-8-13(22)6-7-17(14)30-11-15(20)19(24-25)21(29)26(10-18(27)28)9-12-4-2-3-5-16(12)23;1-15-11-7-4-6(13)2-3-9(7)18-5-8(11)10(14-15)12(16)17;11-9-6-2-1-4-8(9)5-3-7-10(12)13;8-7-4-2-1-3-6(7)5-9;1-3-7-4(6)9-5(8-3)10-2;3-1-2(4)5;1-2;;;;;;;/h2-8H,9-11H2,1H3,(H,27,28);2-4H,5H2,1H3,(H,16,17);1-2,4,6H,3,5,7H2,(H,12,13);1-5H;1-2H3;1,3H2,(H,4,5);;5*1H4;;/q;;;;;;-1;;;;;;;+1. The Balaban J connectivity index is -0.000000549. The number of aliphatic carboxylic acids is 3. The van der Waals surface area contributed by atoms with Crippen LogP contribution in [-0.4, -0.2) is 125 Å². The number of aromatic nitrogens is 7. The van der Waals surface area contributed by atoms with Crippen molar-refractivity contribution in [2.45, 2.75) is 83.1 Å². The Bertz CT molecular complexity index is 3760. The van der Waals surface area contributed by atoms with Crippen molar-refractivity contribution in [2.75, 3.05) is 20.2 Å². The van der Waals surface area contributed by atoms with E-state index in [1.807, 2.05) is 0 Å². The van der Waals surface area contributed by atoms with Gasteiger partial charge in [0.15, 0.2) is 17.7 Å². The van der Waals surface area contributed by atoms with Crippen LogP contribution in [-0.2, 0) is 54.7 Å². The van der Waals surface area contributed by atoms with Crippen LogP contribution in [0.2, 0.25) is 15.3 Å². The predicted octanol–water partition coefficient (Wildman–Crippen LogP) is 9.47. The minimum atomic E-state index is -1.21. The summed E-state index contributed by atoms with van der Waals surface area (Å²) in [4.78, 5) is 77.4. The molecule has 23 nitrogen and oxygen atoms in total. The van der Waals surface area contributed by atoms with Gasteiger partial charge in [-0.05, 0) is 97.6 Å². The van der Waals surface area contributed by atoms with Crippen LogP contribution in [0, 0.1) is 36.2 Å². The second-order valence-electron chi connectivity index (χ2n) is 17.6. The number of carbonyl (C=O) groups excluding carboxylic acids is 2. The number of ether oxygens (including phenoxy) is 3. The number of carboxylic acid groups (broad SMARTS) is 4. The van der Waals surface area contributed by atoms with Crippen molar-refractivity contribution in [2.24, 2.45) is 19.8 Å². The summed E-state index contributed by atoms with van der Waals surface area (Å²) in [5, 5.41) is 50.2. The molecule has 0 bridgehead atoms. The third-order valence-corrected chi connectivity index (χ3v) is 12.3. The van der Waals surface area contributed by atoms with Gasteiger partial charge in [0.2, 0.25) is 5.28 Å². The van der Waals surface area contributed by atoms with Crippen molar-refractivity contribution in [3.63, 3.8) is 0 Å². The van der Waals surface area contributed by atoms with Crippen molar-refractivity contribution in [1.82, 2.24) is 39.4 Å². The van der Waals surface area contributed by atoms with Gasteiger partial charge >= 0.3 is 59.4 Å². The van der Waals surface area contributed by atoms with Gasteiger partial charge in [-0.2, -0.15) is 20.2 Å². The van der Waals surface area contributed by atoms with E-state index in [-0.39, 0.29) is 147 Å². The van der Waals surface area contributed by atoms with Crippen LogP contribution in [0.5, 0.6) is 17.5 Å². The second kappa shape index (κ2) is 45.4. The number of fused-ring (bicyclic) bond motifs is 6. The third kappa shape index (κ3) is 27.0. The Hall–Kier alpha value is -8.88. The number of carboxylic acids is 4. The molecule has 499 valence electrons. The molecule has 0 fully saturated rings. The smallest absolute Gasteiger partial charge is 0.512 e. The first kappa shape index (κ1) is 91.5. The Morgan fingerprint density at radius 1 is 0.681 bits per heavy atom. The van der Waals surface area contributed by atoms with E-state index in [0.717, 1.165) is 16.2 Å². The summed E-state index contributed by atoms with van der Waals surface area (Å²) in [6.07, 6.45) is 1.55. The largest absolute Gasteiger partial charge is 1.00 e. The molecule has 3 aromatic heterocycles. The molecule has 0 spiro atoms. The number of rotatable bonds is 13. The molecule has 0 unspecified atom stereocenters. The fourth-order valence-electron chi connectivity index (χ4n) is 7.92.